The van der Waals surface area contributed by atoms with Crippen LogP contribution < -0.4 is 5.32 Å². The molecule has 0 saturated carbocycles. The molecule has 1 aromatic rings. The minimum absolute atomic E-state index is 0.0330. The van der Waals surface area contributed by atoms with Gasteiger partial charge in [-0.1, -0.05) is 24.3 Å². The van der Waals surface area contributed by atoms with Crippen molar-refractivity contribution in [3.63, 3.8) is 0 Å². The molecule has 1 aromatic carbocycles. The maximum atomic E-state index is 12.7. The van der Waals surface area contributed by atoms with E-state index in [9.17, 15) is 14.4 Å². The number of carbonyl (C=O) groups is 3. The largest absolute Gasteiger partial charge is 0.467 e. The number of esters is 1. The van der Waals surface area contributed by atoms with Crippen LogP contribution in [0.4, 0.5) is 9.59 Å². The molecule has 1 N–H and O–H groups in total. The lowest BCUT2D eigenvalue weighted by Crippen LogP contribution is -2.53. The molecule has 9 heteroatoms. The van der Waals surface area contributed by atoms with Crippen molar-refractivity contribution in [3.8, 4) is 0 Å². The number of rotatable bonds is 6. The number of methoxy groups -OCH3 is 1. The number of ether oxygens (including phenoxy) is 2. The van der Waals surface area contributed by atoms with E-state index in [2.05, 4.69) is 17.4 Å². The molecule has 0 radical (unpaired) electrons. The van der Waals surface area contributed by atoms with Crippen molar-refractivity contribution in [2.45, 2.75) is 49.9 Å². The number of nitrogens with one attached hydrogen (secondary N) is 1. The zero-order chi connectivity index (χ0) is 22.0. The number of fused-ring (bicyclic) bond motifs is 3. The first-order chi connectivity index (χ1) is 15.0. The van der Waals surface area contributed by atoms with E-state index in [1.165, 1.54) is 18.2 Å². The van der Waals surface area contributed by atoms with Crippen molar-refractivity contribution in [3.05, 3.63) is 35.4 Å². The van der Waals surface area contributed by atoms with E-state index >= 15 is 0 Å². The number of likely N-dealkylation sites (tertiary alicyclic amines) is 1. The van der Waals surface area contributed by atoms with Crippen LogP contribution in [0.25, 0.3) is 0 Å². The third kappa shape index (κ3) is 4.33. The van der Waals surface area contributed by atoms with Crippen LogP contribution in [0.3, 0.4) is 0 Å². The SMILES string of the molecule is COC(=O)C(CCSC)NC(=O)N1CCC(N2C(=O)OC3Cc4ccccc4C32)CC1. The van der Waals surface area contributed by atoms with Gasteiger partial charge >= 0.3 is 18.1 Å². The second-order valence-corrected chi connectivity index (χ2v) is 9.19. The number of benzene rings is 1. The molecule has 1 aliphatic carbocycles. The van der Waals surface area contributed by atoms with Crippen LogP contribution in [-0.2, 0) is 20.7 Å². The van der Waals surface area contributed by atoms with E-state index in [4.69, 9.17) is 9.47 Å². The Morgan fingerprint density at radius 3 is 2.74 bits per heavy atom. The standard InChI is InChI=1S/C22H29N3O5S/c1-29-20(26)17(9-12-31-2)23-21(27)24-10-7-15(8-11-24)25-19-16-6-4-3-5-14(16)13-18(19)30-22(25)28/h3-6,15,17-19H,7-13H2,1-2H3,(H,23,27). The second-order valence-electron chi connectivity index (χ2n) is 8.20. The molecule has 0 bridgehead atoms. The van der Waals surface area contributed by atoms with E-state index in [-0.39, 0.29) is 30.3 Å². The molecule has 3 atom stereocenters. The number of thioether (sulfide) groups is 1. The van der Waals surface area contributed by atoms with Crippen LogP contribution in [0.1, 0.15) is 36.4 Å². The highest BCUT2D eigenvalue weighted by Gasteiger charge is 2.50. The highest BCUT2D eigenvalue weighted by Crippen LogP contribution is 2.44. The fraction of sp³-hybridized carbons (Fsp3) is 0.591. The number of hydrogen-bond donors (Lipinski definition) is 1. The van der Waals surface area contributed by atoms with E-state index < -0.39 is 12.0 Å². The van der Waals surface area contributed by atoms with Crippen molar-refractivity contribution < 1.29 is 23.9 Å². The average molecular weight is 448 g/mol. The van der Waals surface area contributed by atoms with Crippen LogP contribution in [-0.4, -0.2) is 78.3 Å². The van der Waals surface area contributed by atoms with Crippen LogP contribution in [0.2, 0.25) is 0 Å². The summed E-state index contributed by atoms with van der Waals surface area (Å²) in [6.07, 6.45) is 4.23. The Kier molecular flexibility index (Phi) is 6.60. The Labute approximate surface area is 186 Å². The van der Waals surface area contributed by atoms with Crippen LogP contribution >= 0.6 is 11.8 Å². The third-order valence-corrected chi connectivity index (χ3v) is 7.09. The summed E-state index contributed by atoms with van der Waals surface area (Å²) in [5, 5.41) is 2.81. The summed E-state index contributed by atoms with van der Waals surface area (Å²) in [6, 6.07) is 7.29. The summed E-state index contributed by atoms with van der Waals surface area (Å²) in [4.78, 5) is 40.9. The quantitative estimate of drug-likeness (QED) is 0.675. The molecule has 3 unspecified atom stereocenters. The molecule has 0 aromatic heterocycles. The Morgan fingerprint density at radius 2 is 2.03 bits per heavy atom. The zero-order valence-electron chi connectivity index (χ0n) is 17.9. The number of piperidine rings is 1. The van der Waals surface area contributed by atoms with Crippen molar-refractivity contribution in [2.24, 2.45) is 0 Å². The lowest BCUT2D eigenvalue weighted by atomic mass is 9.99. The predicted octanol–water partition coefficient (Wildman–Crippen LogP) is 2.57. The van der Waals surface area contributed by atoms with Gasteiger partial charge in [-0.05, 0) is 42.4 Å². The van der Waals surface area contributed by atoms with Gasteiger partial charge in [-0.2, -0.15) is 11.8 Å². The van der Waals surface area contributed by atoms with Gasteiger partial charge < -0.3 is 19.7 Å². The number of nitrogens with zero attached hydrogens (tertiary/aromatic N) is 2. The summed E-state index contributed by atoms with van der Waals surface area (Å²) in [6.45, 7) is 1.05. The Hall–Kier alpha value is -2.42. The fourth-order valence-electron chi connectivity index (χ4n) is 4.87. The van der Waals surface area contributed by atoms with Gasteiger partial charge in [0.1, 0.15) is 12.1 Å². The van der Waals surface area contributed by atoms with Crippen molar-refractivity contribution in [1.82, 2.24) is 15.1 Å². The Balaban J connectivity index is 1.37. The fourth-order valence-corrected chi connectivity index (χ4v) is 5.34. The number of amides is 3. The molecule has 8 nitrogen and oxygen atoms in total. The summed E-state index contributed by atoms with van der Waals surface area (Å²) in [5.41, 5.74) is 2.42. The normalized spacial score (nSPS) is 23.7. The molecule has 3 aliphatic rings. The Morgan fingerprint density at radius 1 is 1.29 bits per heavy atom. The second kappa shape index (κ2) is 9.38. The molecular weight excluding hydrogens is 418 g/mol. The highest BCUT2D eigenvalue weighted by atomic mass is 32.2. The molecule has 168 valence electrons. The third-order valence-electron chi connectivity index (χ3n) is 6.45. The molecule has 0 spiro atoms. The summed E-state index contributed by atoms with van der Waals surface area (Å²) in [5.74, 6) is 0.325. The maximum Gasteiger partial charge on any atom is 0.411 e. The van der Waals surface area contributed by atoms with E-state index in [0.717, 1.165) is 12.2 Å². The molecular formula is C22H29N3O5S. The van der Waals surface area contributed by atoms with Crippen LogP contribution in [0.15, 0.2) is 24.3 Å². The van der Waals surface area contributed by atoms with E-state index in [1.807, 2.05) is 23.3 Å². The van der Waals surface area contributed by atoms with Gasteiger partial charge in [-0.25, -0.2) is 14.4 Å². The van der Waals surface area contributed by atoms with E-state index in [0.29, 0.717) is 32.4 Å². The highest BCUT2D eigenvalue weighted by molar-refractivity contribution is 7.98. The first-order valence-electron chi connectivity index (χ1n) is 10.7. The van der Waals surface area contributed by atoms with Crippen molar-refractivity contribution >= 4 is 29.9 Å². The smallest absolute Gasteiger partial charge is 0.411 e. The van der Waals surface area contributed by atoms with Gasteiger partial charge in [-0.15, -0.1) is 0 Å². The van der Waals surface area contributed by atoms with Crippen LogP contribution in [0, 0.1) is 0 Å². The first kappa shape index (κ1) is 21.8. The van der Waals surface area contributed by atoms with Gasteiger partial charge in [0.15, 0.2) is 0 Å². The number of urea groups is 1. The minimum Gasteiger partial charge on any atom is -0.467 e. The molecule has 2 fully saturated rings. The molecule has 31 heavy (non-hydrogen) atoms. The maximum absolute atomic E-state index is 12.7. The van der Waals surface area contributed by atoms with Gasteiger partial charge in [-0.3, -0.25) is 4.90 Å². The van der Waals surface area contributed by atoms with Crippen molar-refractivity contribution in [1.29, 1.82) is 0 Å². The monoisotopic (exact) mass is 447 g/mol. The molecule has 4 rings (SSSR count). The topological polar surface area (TPSA) is 88.2 Å². The predicted molar refractivity (Wildman–Crippen MR) is 117 cm³/mol. The molecule has 2 saturated heterocycles. The van der Waals surface area contributed by atoms with Gasteiger partial charge in [0.05, 0.1) is 13.2 Å². The number of carbonyl (C=O) groups excluding carboxylic acids is 3. The lowest BCUT2D eigenvalue weighted by molar-refractivity contribution is -0.142. The Bertz CT molecular complexity index is 842. The lowest BCUT2D eigenvalue weighted by Gasteiger charge is -2.38. The van der Waals surface area contributed by atoms with Crippen LogP contribution in [0.5, 0.6) is 0 Å². The first-order valence-corrected chi connectivity index (χ1v) is 12.1. The summed E-state index contributed by atoms with van der Waals surface area (Å²) in [7, 11) is 1.33. The summed E-state index contributed by atoms with van der Waals surface area (Å²) >= 11 is 1.62. The van der Waals surface area contributed by atoms with Gasteiger partial charge in [0, 0.05) is 25.6 Å². The zero-order valence-corrected chi connectivity index (χ0v) is 18.7. The average Bonchev–Trinajstić information content (AvgIpc) is 3.30. The number of hydrogen-bond acceptors (Lipinski definition) is 6. The molecule has 2 heterocycles. The minimum atomic E-state index is -0.646. The molecule has 3 amide bonds. The van der Waals surface area contributed by atoms with Crippen molar-refractivity contribution in [2.75, 3.05) is 32.2 Å². The van der Waals surface area contributed by atoms with Gasteiger partial charge in [0.2, 0.25) is 0 Å². The summed E-state index contributed by atoms with van der Waals surface area (Å²) < 4.78 is 10.5. The molecule has 2 aliphatic heterocycles. The van der Waals surface area contributed by atoms with E-state index in [1.54, 1.807) is 16.7 Å². The van der Waals surface area contributed by atoms with Gasteiger partial charge in [0.25, 0.3) is 0 Å².